The van der Waals surface area contributed by atoms with Gasteiger partial charge in [0.05, 0.1) is 0 Å². The Morgan fingerprint density at radius 3 is 2.41 bits per heavy atom. The highest BCUT2D eigenvalue weighted by Crippen LogP contribution is 2.38. The van der Waals surface area contributed by atoms with Gasteiger partial charge in [0.1, 0.15) is 11.3 Å². The Bertz CT molecular complexity index is 464. The van der Waals surface area contributed by atoms with E-state index in [-0.39, 0.29) is 12.4 Å². The molecule has 1 N–H and O–H groups in total. The smallest absolute Gasteiger partial charge is 0.339 e. The normalized spacial score (nSPS) is 13.6. The van der Waals surface area contributed by atoms with Crippen LogP contribution in [-0.4, -0.2) is 26.2 Å². The van der Waals surface area contributed by atoms with E-state index in [9.17, 15) is 4.79 Å². The molecule has 1 aliphatic heterocycles. The first-order chi connectivity index (χ1) is 7.87. The molecular weight excluding hydrogens is 240 g/mol. The molecular formula is C11H14O5Si. The summed E-state index contributed by atoms with van der Waals surface area (Å²) in [6.45, 7) is 6.08. The van der Waals surface area contributed by atoms with Crippen molar-refractivity contribution in [1.82, 2.24) is 0 Å². The van der Waals surface area contributed by atoms with Crippen LogP contribution >= 0.6 is 0 Å². The maximum absolute atomic E-state index is 11.1. The van der Waals surface area contributed by atoms with Gasteiger partial charge in [-0.15, -0.1) is 0 Å². The number of carboxylic acids is 1. The van der Waals surface area contributed by atoms with Gasteiger partial charge in [-0.3, -0.25) is 0 Å². The summed E-state index contributed by atoms with van der Waals surface area (Å²) < 4.78 is 16.1. The molecule has 0 amide bonds. The number of hydrogen-bond donors (Lipinski definition) is 1. The molecule has 1 aromatic rings. The number of ether oxygens (including phenoxy) is 2. The van der Waals surface area contributed by atoms with E-state index < -0.39 is 14.3 Å². The summed E-state index contributed by atoms with van der Waals surface area (Å²) >= 11 is 0. The Kier molecular flexibility index (Phi) is 2.74. The fourth-order valence-electron chi connectivity index (χ4n) is 1.50. The Morgan fingerprint density at radius 2 is 1.88 bits per heavy atom. The van der Waals surface area contributed by atoms with E-state index in [4.69, 9.17) is 19.0 Å². The summed E-state index contributed by atoms with van der Waals surface area (Å²) in [5.41, 5.74) is 0.108. The van der Waals surface area contributed by atoms with Gasteiger partial charge >= 0.3 is 5.97 Å². The van der Waals surface area contributed by atoms with Crippen LogP contribution in [0.1, 0.15) is 10.4 Å². The lowest BCUT2D eigenvalue weighted by atomic mass is 10.2. The van der Waals surface area contributed by atoms with Gasteiger partial charge in [0.25, 0.3) is 0 Å². The first kappa shape index (κ1) is 11.8. The monoisotopic (exact) mass is 254 g/mol. The van der Waals surface area contributed by atoms with Gasteiger partial charge in [-0.05, 0) is 19.6 Å². The first-order valence-corrected chi connectivity index (χ1v) is 8.63. The molecule has 92 valence electrons. The van der Waals surface area contributed by atoms with E-state index in [1.54, 1.807) is 6.07 Å². The number of rotatable bonds is 3. The molecule has 0 bridgehead atoms. The van der Waals surface area contributed by atoms with Crippen LogP contribution in [0.3, 0.4) is 0 Å². The minimum absolute atomic E-state index is 0.108. The van der Waals surface area contributed by atoms with E-state index in [1.807, 2.05) is 19.6 Å². The second kappa shape index (κ2) is 3.96. The van der Waals surface area contributed by atoms with Crippen molar-refractivity contribution in [2.24, 2.45) is 0 Å². The van der Waals surface area contributed by atoms with Gasteiger partial charge in [-0.25, -0.2) is 4.79 Å². The number of hydrogen-bond acceptors (Lipinski definition) is 4. The minimum atomic E-state index is -1.87. The van der Waals surface area contributed by atoms with Gasteiger partial charge in [0.15, 0.2) is 11.5 Å². The fourth-order valence-corrected chi connectivity index (χ4v) is 2.33. The Morgan fingerprint density at radius 1 is 1.29 bits per heavy atom. The van der Waals surface area contributed by atoms with Crippen LogP contribution < -0.4 is 13.9 Å². The molecule has 6 heteroatoms. The van der Waals surface area contributed by atoms with Crippen molar-refractivity contribution in [3.8, 4) is 17.2 Å². The van der Waals surface area contributed by atoms with Crippen LogP contribution in [0, 0.1) is 0 Å². The molecule has 0 spiro atoms. The van der Waals surface area contributed by atoms with Crippen molar-refractivity contribution in [1.29, 1.82) is 0 Å². The van der Waals surface area contributed by atoms with Gasteiger partial charge in [0, 0.05) is 12.1 Å². The molecule has 2 rings (SSSR count). The largest absolute Gasteiger partial charge is 0.544 e. The first-order valence-electron chi connectivity index (χ1n) is 5.23. The number of fused-ring (bicyclic) bond motifs is 1. The predicted molar refractivity (Wildman–Crippen MR) is 63.5 cm³/mol. The van der Waals surface area contributed by atoms with Crippen LogP contribution in [-0.2, 0) is 0 Å². The molecule has 0 atom stereocenters. The zero-order valence-corrected chi connectivity index (χ0v) is 10.9. The SMILES string of the molecule is C[Si](C)(C)Oc1cc2c(cc1C(=O)O)OCO2. The van der Waals surface area contributed by atoms with Crippen LogP contribution in [0.2, 0.25) is 19.6 Å². The van der Waals surface area contributed by atoms with Crippen LogP contribution in [0.4, 0.5) is 0 Å². The lowest BCUT2D eigenvalue weighted by Crippen LogP contribution is -2.30. The summed E-state index contributed by atoms with van der Waals surface area (Å²) in [6, 6.07) is 3.03. The van der Waals surface area contributed by atoms with Crippen molar-refractivity contribution in [2.75, 3.05) is 6.79 Å². The third kappa shape index (κ3) is 2.52. The van der Waals surface area contributed by atoms with E-state index in [0.717, 1.165) is 0 Å². The summed E-state index contributed by atoms with van der Waals surface area (Å²) in [5, 5.41) is 9.13. The average Bonchev–Trinajstić information content (AvgIpc) is 2.60. The second-order valence-electron chi connectivity index (χ2n) is 4.72. The van der Waals surface area contributed by atoms with Crippen LogP contribution in [0.25, 0.3) is 0 Å². The molecule has 0 saturated heterocycles. The van der Waals surface area contributed by atoms with Gasteiger partial charge in [-0.2, -0.15) is 0 Å². The predicted octanol–water partition coefficient (Wildman–Crippen LogP) is 2.33. The molecule has 0 aliphatic carbocycles. The molecule has 1 aliphatic rings. The summed E-state index contributed by atoms with van der Waals surface area (Å²) in [4.78, 5) is 11.1. The Balaban J connectivity index is 2.45. The highest BCUT2D eigenvalue weighted by atomic mass is 28.4. The number of carbonyl (C=O) groups is 1. The molecule has 0 unspecified atom stereocenters. The van der Waals surface area contributed by atoms with Crippen LogP contribution in [0.15, 0.2) is 12.1 Å². The molecule has 0 radical (unpaired) electrons. The quantitative estimate of drug-likeness (QED) is 0.839. The highest BCUT2D eigenvalue weighted by Gasteiger charge is 2.25. The van der Waals surface area contributed by atoms with Crippen molar-refractivity contribution in [2.45, 2.75) is 19.6 Å². The van der Waals surface area contributed by atoms with Gasteiger partial charge in [-0.1, -0.05) is 0 Å². The molecule has 1 aromatic carbocycles. The van der Waals surface area contributed by atoms with E-state index in [1.165, 1.54) is 6.07 Å². The topological polar surface area (TPSA) is 65.0 Å². The fraction of sp³-hybridized carbons (Fsp3) is 0.364. The van der Waals surface area contributed by atoms with Crippen LogP contribution in [0.5, 0.6) is 17.2 Å². The third-order valence-electron chi connectivity index (χ3n) is 2.12. The highest BCUT2D eigenvalue weighted by molar-refractivity contribution is 6.70. The van der Waals surface area contributed by atoms with E-state index in [0.29, 0.717) is 17.2 Å². The van der Waals surface area contributed by atoms with Crippen molar-refractivity contribution < 1.29 is 23.8 Å². The number of carboxylic acid groups (broad SMARTS) is 1. The second-order valence-corrected chi connectivity index (χ2v) is 9.15. The minimum Gasteiger partial charge on any atom is -0.544 e. The third-order valence-corrected chi connectivity index (χ3v) is 2.95. The zero-order chi connectivity index (χ0) is 12.6. The lowest BCUT2D eigenvalue weighted by molar-refractivity contribution is 0.0694. The van der Waals surface area contributed by atoms with Crippen molar-refractivity contribution in [3.05, 3.63) is 17.7 Å². The number of benzene rings is 1. The lowest BCUT2D eigenvalue weighted by Gasteiger charge is -2.20. The molecule has 17 heavy (non-hydrogen) atoms. The Labute approximate surface area is 100 Å². The maximum Gasteiger partial charge on any atom is 0.339 e. The maximum atomic E-state index is 11.1. The molecule has 0 fully saturated rings. The molecule has 5 nitrogen and oxygen atoms in total. The summed E-state index contributed by atoms with van der Waals surface area (Å²) in [7, 11) is -1.87. The van der Waals surface area contributed by atoms with Gasteiger partial charge < -0.3 is 19.0 Å². The van der Waals surface area contributed by atoms with E-state index in [2.05, 4.69) is 0 Å². The van der Waals surface area contributed by atoms with Gasteiger partial charge in [0.2, 0.25) is 15.1 Å². The van der Waals surface area contributed by atoms with Crippen molar-refractivity contribution >= 4 is 14.3 Å². The number of aromatic carboxylic acids is 1. The van der Waals surface area contributed by atoms with Crippen molar-refractivity contribution in [3.63, 3.8) is 0 Å². The molecule has 0 aromatic heterocycles. The average molecular weight is 254 g/mol. The zero-order valence-electron chi connectivity index (χ0n) is 9.94. The Hall–Kier alpha value is -1.69. The molecule has 1 heterocycles. The standard InChI is InChI=1S/C11H14O5Si/c1-17(2,3)16-8-5-10-9(14-6-15-10)4-7(8)11(12)13/h4-5H,6H2,1-3H3,(H,12,13). The summed E-state index contributed by atoms with van der Waals surface area (Å²) in [5.74, 6) is 0.297. The summed E-state index contributed by atoms with van der Waals surface area (Å²) in [6.07, 6.45) is 0. The molecule has 0 saturated carbocycles. The van der Waals surface area contributed by atoms with E-state index >= 15 is 0 Å².